The van der Waals surface area contributed by atoms with Gasteiger partial charge in [0, 0.05) is 6.54 Å². The van der Waals surface area contributed by atoms with Crippen molar-refractivity contribution in [1.29, 1.82) is 0 Å². The van der Waals surface area contributed by atoms with Gasteiger partial charge in [0.25, 0.3) is 11.8 Å². The molecule has 2 heterocycles. The van der Waals surface area contributed by atoms with Gasteiger partial charge in [-0.05, 0) is 25.1 Å². The smallest absolute Gasteiger partial charge is 0.475 e. The Labute approximate surface area is 133 Å². The number of benzene rings is 1. The number of aliphatic carboxylic acids is 1. The number of alkyl halides is 3. The molecule has 0 aromatic heterocycles. The number of carbonyl (C=O) groups is 3. The van der Waals surface area contributed by atoms with Gasteiger partial charge in [0.05, 0.1) is 17.2 Å². The van der Waals surface area contributed by atoms with E-state index in [1.54, 1.807) is 24.3 Å². The lowest BCUT2D eigenvalue weighted by molar-refractivity contribution is -0.192. The Morgan fingerprint density at radius 1 is 1.21 bits per heavy atom. The summed E-state index contributed by atoms with van der Waals surface area (Å²) in [6.45, 7) is 1.53. The molecule has 10 heteroatoms. The molecule has 2 N–H and O–H groups in total. The van der Waals surface area contributed by atoms with E-state index in [-0.39, 0.29) is 17.9 Å². The van der Waals surface area contributed by atoms with Gasteiger partial charge < -0.3 is 10.4 Å². The molecule has 1 fully saturated rings. The van der Waals surface area contributed by atoms with Crippen LogP contribution in [0, 0.1) is 0 Å². The Balaban J connectivity index is 0.000000256. The molecule has 0 bridgehead atoms. The highest BCUT2D eigenvalue weighted by molar-refractivity contribution is 6.20. The number of hydrogen-bond acceptors (Lipinski definition) is 5. The van der Waals surface area contributed by atoms with E-state index in [2.05, 4.69) is 5.32 Å². The quantitative estimate of drug-likeness (QED) is 0.782. The molecular weight excluding hydrogens is 333 g/mol. The number of nitrogens with one attached hydrogen (secondary N) is 1. The summed E-state index contributed by atoms with van der Waals surface area (Å²) in [5.74, 6) is -3.48. The van der Waals surface area contributed by atoms with E-state index in [1.807, 2.05) is 0 Å². The van der Waals surface area contributed by atoms with Crippen LogP contribution in [0.25, 0.3) is 0 Å². The minimum atomic E-state index is -5.08. The van der Waals surface area contributed by atoms with Crippen molar-refractivity contribution in [2.75, 3.05) is 13.1 Å². The first-order valence-corrected chi connectivity index (χ1v) is 6.87. The average molecular weight is 346 g/mol. The van der Waals surface area contributed by atoms with Crippen LogP contribution in [0.15, 0.2) is 24.3 Å². The Morgan fingerprint density at radius 2 is 1.71 bits per heavy atom. The summed E-state index contributed by atoms with van der Waals surface area (Å²) in [7, 11) is 0. The van der Waals surface area contributed by atoms with Crippen molar-refractivity contribution < 1.29 is 37.5 Å². The maximum absolute atomic E-state index is 12.0. The monoisotopic (exact) mass is 346 g/mol. The number of hydroxylamine groups is 2. The summed E-state index contributed by atoms with van der Waals surface area (Å²) < 4.78 is 31.7. The van der Waals surface area contributed by atoms with Crippen molar-refractivity contribution in [3.05, 3.63) is 35.4 Å². The van der Waals surface area contributed by atoms with Crippen molar-refractivity contribution in [3.8, 4) is 0 Å². The van der Waals surface area contributed by atoms with Crippen LogP contribution in [0.3, 0.4) is 0 Å². The standard InChI is InChI=1S/C12H12N2O3.C2HF3O2/c15-11-9-3-1-2-4-10(9)12(16)14(11)17-8-5-6-13-7-8;3-2(4,5)1(6)7/h1-4,8,13H,5-7H2;(H,6,7)/t8-;/m0./s1. The molecule has 1 saturated heterocycles. The molecule has 0 unspecified atom stereocenters. The molecule has 24 heavy (non-hydrogen) atoms. The van der Waals surface area contributed by atoms with Crippen molar-refractivity contribution in [2.24, 2.45) is 0 Å². The van der Waals surface area contributed by atoms with Crippen LogP contribution in [0.1, 0.15) is 27.1 Å². The first-order valence-electron chi connectivity index (χ1n) is 6.87. The number of carboxylic acid groups (broad SMARTS) is 1. The third kappa shape index (κ3) is 3.89. The van der Waals surface area contributed by atoms with Crippen molar-refractivity contribution >= 4 is 17.8 Å². The van der Waals surface area contributed by atoms with E-state index >= 15 is 0 Å². The third-order valence-corrected chi connectivity index (χ3v) is 3.27. The second-order valence-corrected chi connectivity index (χ2v) is 4.97. The topological polar surface area (TPSA) is 95.9 Å². The maximum Gasteiger partial charge on any atom is 0.490 e. The highest BCUT2D eigenvalue weighted by atomic mass is 19.4. The number of imide groups is 1. The summed E-state index contributed by atoms with van der Waals surface area (Å²) in [5.41, 5.74) is 0.840. The van der Waals surface area contributed by atoms with E-state index < -0.39 is 12.1 Å². The summed E-state index contributed by atoms with van der Waals surface area (Å²) >= 11 is 0. The number of fused-ring (bicyclic) bond motifs is 1. The fourth-order valence-electron chi connectivity index (χ4n) is 2.13. The summed E-state index contributed by atoms with van der Waals surface area (Å²) in [4.78, 5) is 38.3. The lowest BCUT2D eigenvalue weighted by Crippen LogP contribution is -2.35. The number of amides is 2. The van der Waals surface area contributed by atoms with Gasteiger partial charge in [-0.25, -0.2) is 4.79 Å². The van der Waals surface area contributed by atoms with Gasteiger partial charge in [-0.2, -0.15) is 13.2 Å². The molecule has 0 spiro atoms. The van der Waals surface area contributed by atoms with Crippen LogP contribution in [0.2, 0.25) is 0 Å². The van der Waals surface area contributed by atoms with E-state index in [0.717, 1.165) is 18.0 Å². The molecule has 0 aliphatic carbocycles. The highest BCUT2D eigenvalue weighted by Crippen LogP contribution is 2.24. The van der Waals surface area contributed by atoms with E-state index in [0.29, 0.717) is 17.7 Å². The zero-order valence-corrected chi connectivity index (χ0v) is 12.2. The predicted octanol–water partition coefficient (Wildman–Crippen LogP) is 1.21. The second-order valence-electron chi connectivity index (χ2n) is 4.97. The lowest BCUT2D eigenvalue weighted by atomic mass is 10.1. The summed E-state index contributed by atoms with van der Waals surface area (Å²) in [6.07, 6.45) is -4.37. The second kappa shape index (κ2) is 6.97. The zero-order valence-electron chi connectivity index (χ0n) is 12.2. The number of carbonyl (C=O) groups excluding carboxylic acids is 2. The molecule has 130 valence electrons. The minimum absolute atomic E-state index is 0.0998. The molecule has 2 aliphatic heterocycles. The molecule has 7 nitrogen and oxygen atoms in total. The summed E-state index contributed by atoms with van der Waals surface area (Å²) in [5, 5.41) is 11.1. The number of rotatable bonds is 2. The fraction of sp³-hybridized carbons (Fsp3) is 0.357. The van der Waals surface area contributed by atoms with Gasteiger partial charge >= 0.3 is 12.1 Å². The molecule has 1 aromatic carbocycles. The van der Waals surface area contributed by atoms with Gasteiger partial charge in [0.2, 0.25) is 0 Å². The van der Waals surface area contributed by atoms with Crippen LogP contribution in [0.5, 0.6) is 0 Å². The molecule has 2 aliphatic rings. The van der Waals surface area contributed by atoms with E-state index in [4.69, 9.17) is 14.7 Å². The Hall–Kier alpha value is -2.46. The number of nitrogens with zero attached hydrogens (tertiary/aromatic N) is 1. The predicted molar refractivity (Wildman–Crippen MR) is 73.0 cm³/mol. The van der Waals surface area contributed by atoms with Gasteiger partial charge in [0.15, 0.2) is 0 Å². The van der Waals surface area contributed by atoms with Crippen LogP contribution < -0.4 is 5.32 Å². The largest absolute Gasteiger partial charge is 0.490 e. The average Bonchev–Trinajstić information content (AvgIpc) is 3.11. The van der Waals surface area contributed by atoms with Gasteiger partial charge in [-0.3, -0.25) is 14.4 Å². The first kappa shape index (κ1) is 17.9. The molecule has 1 aromatic rings. The molecular formula is C14H13F3N2O5. The van der Waals surface area contributed by atoms with Gasteiger partial charge in [-0.1, -0.05) is 12.1 Å². The number of carboxylic acids is 1. The number of halogens is 3. The van der Waals surface area contributed by atoms with E-state index in [9.17, 15) is 22.8 Å². The third-order valence-electron chi connectivity index (χ3n) is 3.27. The van der Waals surface area contributed by atoms with Crippen molar-refractivity contribution in [2.45, 2.75) is 18.7 Å². The van der Waals surface area contributed by atoms with E-state index in [1.165, 1.54) is 0 Å². The molecule has 0 radical (unpaired) electrons. The zero-order chi connectivity index (χ0) is 17.9. The molecule has 1 atom stereocenters. The van der Waals surface area contributed by atoms with Crippen LogP contribution in [-0.2, 0) is 9.63 Å². The van der Waals surface area contributed by atoms with Crippen LogP contribution in [0.4, 0.5) is 13.2 Å². The van der Waals surface area contributed by atoms with Crippen molar-refractivity contribution in [1.82, 2.24) is 10.4 Å². The Morgan fingerprint density at radius 3 is 2.08 bits per heavy atom. The first-order chi connectivity index (χ1) is 11.2. The summed E-state index contributed by atoms with van der Waals surface area (Å²) in [6, 6.07) is 6.77. The fourth-order valence-corrected chi connectivity index (χ4v) is 2.13. The van der Waals surface area contributed by atoms with Crippen LogP contribution >= 0.6 is 0 Å². The molecule has 2 amide bonds. The lowest BCUT2D eigenvalue weighted by Gasteiger charge is -2.17. The molecule has 0 saturated carbocycles. The Kier molecular flexibility index (Phi) is 5.20. The van der Waals surface area contributed by atoms with Gasteiger partial charge in [0.1, 0.15) is 0 Å². The number of hydrogen-bond donors (Lipinski definition) is 2. The maximum atomic E-state index is 12.0. The normalized spacial score (nSPS) is 19.8. The van der Waals surface area contributed by atoms with Crippen molar-refractivity contribution in [3.63, 3.8) is 0 Å². The Bertz CT molecular complexity index is 621. The SMILES string of the molecule is O=C(O)C(F)(F)F.O=C1c2ccccc2C(=O)N1O[C@H]1CCNC1. The highest BCUT2D eigenvalue weighted by Gasteiger charge is 2.39. The molecule has 3 rings (SSSR count). The van der Waals surface area contributed by atoms with Gasteiger partial charge in [-0.15, -0.1) is 5.06 Å². The van der Waals surface area contributed by atoms with Crippen LogP contribution in [-0.4, -0.2) is 53.3 Å². The minimum Gasteiger partial charge on any atom is -0.475 e.